The molecule has 3 aromatic heterocycles. The Kier molecular flexibility index (Phi) is 5.13. The van der Waals surface area contributed by atoms with Gasteiger partial charge in [-0.25, -0.2) is 9.97 Å². The van der Waals surface area contributed by atoms with E-state index in [1.54, 1.807) is 22.7 Å². The molecule has 1 N–H and O–H groups in total. The fraction of sp³-hybridized carbons (Fsp3) is 0.150. The lowest BCUT2D eigenvalue weighted by atomic mass is 10.2. The second-order valence-electron chi connectivity index (χ2n) is 5.98. The Morgan fingerprint density at radius 1 is 1.07 bits per heavy atom. The summed E-state index contributed by atoms with van der Waals surface area (Å²) < 4.78 is 5.76. The number of aromatic nitrogens is 2. The Bertz CT molecular complexity index is 1050. The number of furan rings is 1. The van der Waals surface area contributed by atoms with Gasteiger partial charge in [0, 0.05) is 16.3 Å². The van der Waals surface area contributed by atoms with Crippen molar-refractivity contribution in [3.63, 3.8) is 0 Å². The summed E-state index contributed by atoms with van der Waals surface area (Å²) in [6.45, 7) is 2.30. The van der Waals surface area contributed by atoms with E-state index in [2.05, 4.69) is 15.3 Å². The van der Waals surface area contributed by atoms with Crippen LogP contribution < -0.4 is 5.32 Å². The lowest BCUT2D eigenvalue weighted by molar-refractivity contribution is -0.120. The van der Waals surface area contributed by atoms with Gasteiger partial charge in [-0.1, -0.05) is 30.3 Å². The SMILES string of the molecule is Cc1nc(-c2ccc(CNC(=O)Cc3csc(-c4ccccc4)n3)o2)cs1. The molecule has 0 bridgehead atoms. The van der Waals surface area contributed by atoms with Crippen LogP contribution in [0.5, 0.6) is 0 Å². The Hall–Kier alpha value is -2.77. The molecule has 136 valence electrons. The van der Waals surface area contributed by atoms with Crippen LogP contribution in [0.15, 0.2) is 57.6 Å². The summed E-state index contributed by atoms with van der Waals surface area (Å²) in [4.78, 5) is 21.2. The number of hydrogen-bond donors (Lipinski definition) is 1. The maximum atomic E-state index is 12.2. The number of hydrogen-bond acceptors (Lipinski definition) is 6. The average Bonchev–Trinajstić information content (AvgIpc) is 3.41. The highest BCUT2D eigenvalue weighted by Gasteiger charge is 2.11. The van der Waals surface area contributed by atoms with Gasteiger partial charge in [0.15, 0.2) is 5.76 Å². The molecule has 4 rings (SSSR count). The van der Waals surface area contributed by atoms with Crippen molar-refractivity contribution in [3.05, 3.63) is 69.7 Å². The second kappa shape index (κ2) is 7.85. The summed E-state index contributed by atoms with van der Waals surface area (Å²) in [7, 11) is 0. The molecule has 0 saturated heterocycles. The first-order valence-electron chi connectivity index (χ1n) is 8.45. The van der Waals surface area contributed by atoms with Crippen LogP contribution in [0.2, 0.25) is 0 Å². The molecule has 5 nitrogen and oxygen atoms in total. The standard InChI is InChI=1S/C20H17N3O2S2/c1-13-22-17(12-26-13)18-8-7-16(25-18)10-21-19(24)9-15-11-27-20(23-15)14-5-3-2-4-6-14/h2-8,11-12H,9-10H2,1H3,(H,21,24). The third-order valence-electron chi connectivity index (χ3n) is 3.91. The Morgan fingerprint density at radius 2 is 1.93 bits per heavy atom. The van der Waals surface area contributed by atoms with Crippen molar-refractivity contribution in [2.75, 3.05) is 0 Å². The maximum Gasteiger partial charge on any atom is 0.226 e. The van der Waals surface area contributed by atoms with Gasteiger partial charge in [-0.2, -0.15) is 0 Å². The van der Waals surface area contributed by atoms with Crippen LogP contribution in [-0.4, -0.2) is 15.9 Å². The van der Waals surface area contributed by atoms with Gasteiger partial charge >= 0.3 is 0 Å². The molecule has 0 radical (unpaired) electrons. The van der Waals surface area contributed by atoms with Crippen LogP contribution >= 0.6 is 22.7 Å². The Morgan fingerprint density at radius 3 is 2.70 bits per heavy atom. The molecule has 0 aliphatic rings. The first kappa shape index (κ1) is 17.6. The minimum atomic E-state index is -0.0811. The molecule has 0 aliphatic carbocycles. The summed E-state index contributed by atoms with van der Waals surface area (Å²) >= 11 is 3.13. The van der Waals surface area contributed by atoms with E-state index in [9.17, 15) is 4.79 Å². The van der Waals surface area contributed by atoms with Crippen molar-refractivity contribution >= 4 is 28.6 Å². The molecule has 0 fully saturated rings. The fourth-order valence-corrected chi connectivity index (χ4v) is 4.03. The van der Waals surface area contributed by atoms with Gasteiger partial charge in [-0.05, 0) is 19.1 Å². The number of carbonyl (C=O) groups is 1. The van der Waals surface area contributed by atoms with Crippen molar-refractivity contribution in [1.82, 2.24) is 15.3 Å². The van der Waals surface area contributed by atoms with Gasteiger partial charge in [0.25, 0.3) is 0 Å². The van der Waals surface area contributed by atoms with E-state index in [4.69, 9.17) is 4.42 Å². The molecule has 0 saturated carbocycles. The highest BCUT2D eigenvalue weighted by atomic mass is 32.1. The molecule has 1 aromatic carbocycles. The topological polar surface area (TPSA) is 68.0 Å². The van der Waals surface area contributed by atoms with Gasteiger partial charge < -0.3 is 9.73 Å². The van der Waals surface area contributed by atoms with Gasteiger partial charge in [-0.3, -0.25) is 4.79 Å². The van der Waals surface area contributed by atoms with Crippen molar-refractivity contribution in [3.8, 4) is 22.0 Å². The van der Waals surface area contributed by atoms with E-state index >= 15 is 0 Å². The van der Waals surface area contributed by atoms with Crippen LogP contribution in [0.1, 0.15) is 16.5 Å². The van der Waals surface area contributed by atoms with Crippen LogP contribution in [0, 0.1) is 6.92 Å². The molecule has 3 heterocycles. The summed E-state index contributed by atoms with van der Waals surface area (Å²) in [5.74, 6) is 1.34. The van der Waals surface area contributed by atoms with Crippen LogP contribution in [0.4, 0.5) is 0 Å². The minimum Gasteiger partial charge on any atom is -0.458 e. The molecule has 0 spiro atoms. The Labute approximate surface area is 164 Å². The second-order valence-corrected chi connectivity index (χ2v) is 7.90. The number of amides is 1. The number of aryl methyl sites for hydroxylation is 1. The summed E-state index contributed by atoms with van der Waals surface area (Å²) in [5, 5.41) is 8.69. The molecule has 4 aromatic rings. The number of rotatable bonds is 6. The number of nitrogens with one attached hydrogen (secondary N) is 1. The molecular weight excluding hydrogens is 378 g/mol. The van der Waals surface area contributed by atoms with E-state index in [-0.39, 0.29) is 12.3 Å². The predicted octanol–water partition coefficient (Wildman–Crippen LogP) is 4.69. The number of nitrogens with zero attached hydrogens (tertiary/aromatic N) is 2. The molecule has 7 heteroatoms. The van der Waals surface area contributed by atoms with E-state index in [1.165, 1.54) is 0 Å². The quantitative estimate of drug-likeness (QED) is 0.514. The third-order valence-corrected chi connectivity index (χ3v) is 5.62. The highest BCUT2D eigenvalue weighted by Crippen LogP contribution is 2.24. The van der Waals surface area contributed by atoms with E-state index in [0.717, 1.165) is 32.7 Å². The lowest BCUT2D eigenvalue weighted by Gasteiger charge is -2.01. The van der Waals surface area contributed by atoms with Gasteiger partial charge in [0.05, 0.1) is 23.7 Å². The number of carbonyl (C=O) groups excluding carboxylic acids is 1. The highest BCUT2D eigenvalue weighted by molar-refractivity contribution is 7.13. The lowest BCUT2D eigenvalue weighted by Crippen LogP contribution is -2.24. The molecule has 0 aliphatic heterocycles. The zero-order chi connectivity index (χ0) is 18.6. The number of thiazole rings is 2. The molecule has 27 heavy (non-hydrogen) atoms. The van der Waals surface area contributed by atoms with Crippen molar-refractivity contribution < 1.29 is 9.21 Å². The number of benzene rings is 1. The first-order valence-corrected chi connectivity index (χ1v) is 10.2. The zero-order valence-corrected chi connectivity index (χ0v) is 16.3. The smallest absolute Gasteiger partial charge is 0.226 e. The van der Waals surface area contributed by atoms with E-state index in [1.807, 2.05) is 60.1 Å². The van der Waals surface area contributed by atoms with Crippen LogP contribution in [-0.2, 0) is 17.8 Å². The molecular formula is C20H17N3O2S2. The normalized spacial score (nSPS) is 10.9. The van der Waals surface area contributed by atoms with Crippen LogP contribution in [0.25, 0.3) is 22.0 Å². The van der Waals surface area contributed by atoms with E-state index in [0.29, 0.717) is 12.3 Å². The Balaban J connectivity index is 1.33. The van der Waals surface area contributed by atoms with E-state index < -0.39 is 0 Å². The fourth-order valence-electron chi connectivity index (χ4n) is 2.60. The monoisotopic (exact) mass is 395 g/mol. The predicted molar refractivity (Wildman–Crippen MR) is 108 cm³/mol. The van der Waals surface area contributed by atoms with Crippen molar-refractivity contribution in [1.29, 1.82) is 0 Å². The summed E-state index contributed by atoms with van der Waals surface area (Å²) in [6, 6.07) is 13.7. The molecule has 1 amide bonds. The van der Waals surface area contributed by atoms with Crippen molar-refractivity contribution in [2.45, 2.75) is 19.9 Å². The largest absolute Gasteiger partial charge is 0.458 e. The van der Waals surface area contributed by atoms with Gasteiger partial charge in [-0.15, -0.1) is 22.7 Å². The van der Waals surface area contributed by atoms with Gasteiger partial charge in [0.2, 0.25) is 5.91 Å². The third kappa shape index (κ3) is 4.32. The molecule has 0 unspecified atom stereocenters. The van der Waals surface area contributed by atoms with Crippen molar-refractivity contribution in [2.24, 2.45) is 0 Å². The summed E-state index contributed by atoms with van der Waals surface area (Å²) in [5.41, 5.74) is 2.66. The minimum absolute atomic E-state index is 0.0811. The molecule has 0 atom stereocenters. The summed E-state index contributed by atoms with van der Waals surface area (Å²) in [6.07, 6.45) is 0.252. The maximum absolute atomic E-state index is 12.2. The first-order chi connectivity index (χ1) is 13.2. The zero-order valence-electron chi connectivity index (χ0n) is 14.6. The van der Waals surface area contributed by atoms with Gasteiger partial charge in [0.1, 0.15) is 16.5 Å². The average molecular weight is 396 g/mol. The van der Waals surface area contributed by atoms with Crippen LogP contribution in [0.3, 0.4) is 0 Å².